The highest BCUT2D eigenvalue weighted by atomic mass is 127. The van der Waals surface area contributed by atoms with E-state index < -0.39 is 4.92 Å². The van der Waals surface area contributed by atoms with Gasteiger partial charge in [0.25, 0.3) is 11.6 Å². The molecule has 0 aromatic heterocycles. The maximum Gasteiger partial charge on any atom is 0.270 e. The standard InChI is InChI=1S/C18H20IN3O3/c1-3-21(17-7-5-4-6-13(17)2)11-10-20-18(23)15-12-14(22(24)25)8-9-16(15)19/h4-9,12H,3,10-11H2,1-2H3,(H,20,23). The summed E-state index contributed by atoms with van der Waals surface area (Å²) in [6.45, 7) is 6.08. The number of likely N-dealkylation sites (N-methyl/N-ethyl adjacent to an activating group) is 1. The first kappa shape index (κ1) is 19.2. The van der Waals surface area contributed by atoms with E-state index in [4.69, 9.17) is 0 Å². The highest BCUT2D eigenvalue weighted by Crippen LogP contribution is 2.20. The van der Waals surface area contributed by atoms with Crippen molar-refractivity contribution in [1.82, 2.24) is 5.32 Å². The Labute approximate surface area is 160 Å². The third-order valence-corrected chi connectivity index (χ3v) is 4.85. The summed E-state index contributed by atoms with van der Waals surface area (Å²) in [4.78, 5) is 24.9. The van der Waals surface area contributed by atoms with Gasteiger partial charge in [-0.1, -0.05) is 18.2 Å². The van der Waals surface area contributed by atoms with E-state index in [0.29, 0.717) is 22.2 Å². The van der Waals surface area contributed by atoms with Crippen molar-refractivity contribution in [2.75, 3.05) is 24.5 Å². The fourth-order valence-corrected chi connectivity index (χ4v) is 3.15. The van der Waals surface area contributed by atoms with Gasteiger partial charge in [-0.05, 0) is 54.1 Å². The third kappa shape index (κ3) is 4.91. The summed E-state index contributed by atoms with van der Waals surface area (Å²) in [6, 6.07) is 12.4. The Balaban J connectivity index is 2.01. The van der Waals surface area contributed by atoms with E-state index >= 15 is 0 Å². The van der Waals surface area contributed by atoms with E-state index in [1.165, 1.54) is 17.7 Å². The highest BCUT2D eigenvalue weighted by molar-refractivity contribution is 14.1. The lowest BCUT2D eigenvalue weighted by atomic mass is 10.1. The molecule has 132 valence electrons. The molecule has 0 atom stereocenters. The van der Waals surface area contributed by atoms with Crippen LogP contribution in [0.15, 0.2) is 42.5 Å². The first-order valence-electron chi connectivity index (χ1n) is 7.96. The zero-order chi connectivity index (χ0) is 18.4. The number of amides is 1. The molecule has 0 radical (unpaired) electrons. The molecule has 7 heteroatoms. The summed E-state index contributed by atoms with van der Waals surface area (Å²) < 4.78 is 0.687. The zero-order valence-electron chi connectivity index (χ0n) is 14.2. The molecule has 1 amide bonds. The summed E-state index contributed by atoms with van der Waals surface area (Å²) in [6.07, 6.45) is 0. The number of benzene rings is 2. The van der Waals surface area contributed by atoms with Gasteiger partial charge in [-0.2, -0.15) is 0 Å². The van der Waals surface area contributed by atoms with Crippen LogP contribution in [0.25, 0.3) is 0 Å². The summed E-state index contributed by atoms with van der Waals surface area (Å²) in [7, 11) is 0. The molecule has 0 bridgehead atoms. The quantitative estimate of drug-likeness (QED) is 0.394. The number of para-hydroxylation sites is 1. The Morgan fingerprint density at radius 3 is 2.64 bits per heavy atom. The Hall–Kier alpha value is -2.16. The van der Waals surface area contributed by atoms with Crippen LogP contribution in [0, 0.1) is 20.6 Å². The van der Waals surface area contributed by atoms with Crippen molar-refractivity contribution in [3.63, 3.8) is 0 Å². The molecule has 0 unspecified atom stereocenters. The second-order valence-corrected chi connectivity index (χ2v) is 6.71. The van der Waals surface area contributed by atoms with Gasteiger partial charge >= 0.3 is 0 Å². The lowest BCUT2D eigenvalue weighted by Crippen LogP contribution is -2.35. The summed E-state index contributed by atoms with van der Waals surface area (Å²) in [5, 5.41) is 13.7. The molecular formula is C18H20IN3O3. The number of rotatable bonds is 7. The molecule has 25 heavy (non-hydrogen) atoms. The lowest BCUT2D eigenvalue weighted by molar-refractivity contribution is -0.384. The highest BCUT2D eigenvalue weighted by Gasteiger charge is 2.15. The van der Waals surface area contributed by atoms with E-state index in [1.54, 1.807) is 6.07 Å². The van der Waals surface area contributed by atoms with Crippen molar-refractivity contribution >= 4 is 39.9 Å². The van der Waals surface area contributed by atoms with Crippen LogP contribution in [-0.2, 0) is 0 Å². The lowest BCUT2D eigenvalue weighted by Gasteiger charge is -2.25. The number of nitro groups is 1. The van der Waals surface area contributed by atoms with Gasteiger partial charge in [0, 0.05) is 41.0 Å². The zero-order valence-corrected chi connectivity index (χ0v) is 16.3. The van der Waals surface area contributed by atoms with Crippen LogP contribution in [0.2, 0.25) is 0 Å². The van der Waals surface area contributed by atoms with Crippen LogP contribution in [0.1, 0.15) is 22.8 Å². The number of nitrogens with zero attached hydrogens (tertiary/aromatic N) is 2. The normalized spacial score (nSPS) is 10.4. The van der Waals surface area contributed by atoms with Gasteiger partial charge in [-0.25, -0.2) is 0 Å². The van der Waals surface area contributed by atoms with Crippen LogP contribution in [0.4, 0.5) is 11.4 Å². The van der Waals surface area contributed by atoms with Crippen molar-refractivity contribution in [2.45, 2.75) is 13.8 Å². The molecule has 1 N–H and O–H groups in total. The molecule has 0 fully saturated rings. The second-order valence-electron chi connectivity index (χ2n) is 5.54. The van der Waals surface area contributed by atoms with Gasteiger partial charge in [-0.15, -0.1) is 0 Å². The van der Waals surface area contributed by atoms with E-state index in [-0.39, 0.29) is 11.6 Å². The SMILES string of the molecule is CCN(CCNC(=O)c1cc([N+](=O)[O-])ccc1I)c1ccccc1C. The van der Waals surface area contributed by atoms with Gasteiger partial charge in [0.1, 0.15) is 0 Å². The molecule has 0 aliphatic rings. The number of aryl methyl sites for hydroxylation is 1. The number of carbonyl (C=O) groups is 1. The molecule has 0 heterocycles. The Bertz CT molecular complexity index is 780. The molecule has 0 aliphatic carbocycles. The summed E-state index contributed by atoms with van der Waals surface area (Å²) in [5.41, 5.74) is 2.57. The second kappa shape index (κ2) is 8.80. The minimum Gasteiger partial charge on any atom is -0.370 e. The van der Waals surface area contributed by atoms with Gasteiger partial charge in [0.2, 0.25) is 0 Å². The first-order valence-corrected chi connectivity index (χ1v) is 9.04. The number of carbonyl (C=O) groups excluding carboxylic acids is 1. The van der Waals surface area contributed by atoms with Crippen LogP contribution >= 0.6 is 22.6 Å². The fourth-order valence-electron chi connectivity index (χ4n) is 2.57. The average molecular weight is 453 g/mol. The van der Waals surface area contributed by atoms with Crippen LogP contribution < -0.4 is 10.2 Å². The summed E-state index contributed by atoms with van der Waals surface area (Å²) in [5.74, 6) is -0.297. The Morgan fingerprint density at radius 1 is 1.28 bits per heavy atom. The predicted molar refractivity (Wildman–Crippen MR) is 107 cm³/mol. The fraction of sp³-hybridized carbons (Fsp3) is 0.278. The van der Waals surface area contributed by atoms with Gasteiger partial charge in [0.05, 0.1) is 10.5 Å². The smallest absolute Gasteiger partial charge is 0.270 e. The van der Waals surface area contributed by atoms with E-state index in [9.17, 15) is 14.9 Å². The number of nitro benzene ring substituents is 1. The van der Waals surface area contributed by atoms with E-state index in [1.807, 2.05) is 34.7 Å². The van der Waals surface area contributed by atoms with Crippen molar-refractivity contribution in [3.05, 3.63) is 67.3 Å². The predicted octanol–water partition coefficient (Wildman–Crippen LogP) is 3.76. The number of anilines is 1. The number of hydrogen-bond donors (Lipinski definition) is 1. The van der Waals surface area contributed by atoms with Crippen LogP contribution in [0.5, 0.6) is 0 Å². The molecule has 0 saturated heterocycles. The Kier molecular flexibility index (Phi) is 6.74. The van der Waals surface area contributed by atoms with Gasteiger partial charge in [-0.3, -0.25) is 14.9 Å². The monoisotopic (exact) mass is 453 g/mol. The minimum atomic E-state index is -0.496. The van der Waals surface area contributed by atoms with Crippen molar-refractivity contribution in [2.24, 2.45) is 0 Å². The summed E-state index contributed by atoms with van der Waals surface area (Å²) >= 11 is 2.01. The average Bonchev–Trinajstić information content (AvgIpc) is 2.59. The molecule has 0 saturated carbocycles. The minimum absolute atomic E-state index is 0.0827. The van der Waals surface area contributed by atoms with E-state index in [2.05, 4.69) is 36.2 Å². The molecule has 0 spiro atoms. The maximum absolute atomic E-state index is 12.4. The molecule has 0 aliphatic heterocycles. The molecule has 2 aromatic rings. The number of nitrogens with one attached hydrogen (secondary N) is 1. The van der Waals surface area contributed by atoms with Crippen molar-refractivity contribution < 1.29 is 9.72 Å². The van der Waals surface area contributed by atoms with Gasteiger partial charge < -0.3 is 10.2 Å². The molecular weight excluding hydrogens is 433 g/mol. The first-order chi connectivity index (χ1) is 11.9. The molecule has 6 nitrogen and oxygen atoms in total. The third-order valence-electron chi connectivity index (χ3n) is 3.91. The van der Waals surface area contributed by atoms with Crippen molar-refractivity contribution in [1.29, 1.82) is 0 Å². The largest absolute Gasteiger partial charge is 0.370 e. The van der Waals surface area contributed by atoms with Crippen molar-refractivity contribution in [3.8, 4) is 0 Å². The molecule has 2 rings (SSSR count). The van der Waals surface area contributed by atoms with Crippen LogP contribution in [0.3, 0.4) is 0 Å². The maximum atomic E-state index is 12.4. The molecule has 2 aromatic carbocycles. The number of non-ortho nitro benzene ring substituents is 1. The Morgan fingerprint density at radius 2 is 2.00 bits per heavy atom. The van der Waals surface area contributed by atoms with Gasteiger partial charge in [0.15, 0.2) is 0 Å². The topological polar surface area (TPSA) is 75.5 Å². The number of hydrogen-bond acceptors (Lipinski definition) is 4. The van der Waals surface area contributed by atoms with Crippen LogP contribution in [-0.4, -0.2) is 30.5 Å². The van der Waals surface area contributed by atoms with E-state index in [0.717, 1.165) is 12.2 Å². The number of halogens is 1.